The Kier molecular flexibility index (Phi) is 2.44. The molecule has 0 atom stereocenters. The second kappa shape index (κ2) is 3.03. The van der Waals surface area contributed by atoms with E-state index in [-0.39, 0.29) is 6.04 Å². The number of hydrogen-bond donors (Lipinski definition) is 2. The van der Waals surface area contributed by atoms with Gasteiger partial charge in [-0.15, -0.1) is 0 Å². The number of aliphatic carboxylic acids is 1. The van der Waals surface area contributed by atoms with E-state index in [9.17, 15) is 4.79 Å². The summed E-state index contributed by atoms with van der Waals surface area (Å²) < 4.78 is 0. The van der Waals surface area contributed by atoms with Gasteiger partial charge in [0.25, 0.3) is 0 Å². The van der Waals surface area contributed by atoms with E-state index in [2.05, 4.69) is 0 Å². The van der Waals surface area contributed by atoms with Crippen molar-refractivity contribution < 1.29 is 9.90 Å². The van der Waals surface area contributed by atoms with Gasteiger partial charge in [-0.1, -0.05) is 0 Å². The summed E-state index contributed by atoms with van der Waals surface area (Å²) in [7, 11) is 0. The van der Waals surface area contributed by atoms with Gasteiger partial charge in [0.15, 0.2) is 0 Å². The van der Waals surface area contributed by atoms with E-state index in [0.717, 1.165) is 0 Å². The molecular formula is C7H13NO2S. The van der Waals surface area contributed by atoms with Crippen molar-refractivity contribution in [3.63, 3.8) is 0 Å². The number of nitrogens with two attached hydrogens (primary N) is 1. The van der Waals surface area contributed by atoms with E-state index < -0.39 is 11.4 Å². The molecule has 0 spiro atoms. The summed E-state index contributed by atoms with van der Waals surface area (Å²) >= 11 is 1.58. The maximum absolute atomic E-state index is 10.8. The van der Waals surface area contributed by atoms with Crippen molar-refractivity contribution in [1.29, 1.82) is 0 Å². The average molecular weight is 175 g/mol. The number of hydrogen-bond acceptors (Lipinski definition) is 3. The van der Waals surface area contributed by atoms with Crippen molar-refractivity contribution in [2.45, 2.75) is 18.9 Å². The number of rotatable bonds is 3. The summed E-state index contributed by atoms with van der Waals surface area (Å²) in [6.07, 6.45) is 3.21. The van der Waals surface area contributed by atoms with Crippen LogP contribution in [-0.2, 0) is 4.79 Å². The number of carbonyl (C=O) groups is 1. The molecule has 0 aliphatic heterocycles. The molecule has 0 unspecified atom stereocenters. The van der Waals surface area contributed by atoms with Crippen LogP contribution < -0.4 is 5.73 Å². The van der Waals surface area contributed by atoms with Crippen LogP contribution in [0.2, 0.25) is 0 Å². The molecule has 0 aromatic carbocycles. The lowest BCUT2D eigenvalue weighted by Gasteiger charge is -2.42. The molecular weight excluding hydrogens is 162 g/mol. The van der Waals surface area contributed by atoms with E-state index >= 15 is 0 Å². The molecule has 0 amide bonds. The van der Waals surface area contributed by atoms with Gasteiger partial charge in [-0.05, 0) is 19.1 Å². The van der Waals surface area contributed by atoms with E-state index in [1.54, 1.807) is 11.8 Å². The maximum Gasteiger partial charge on any atom is 0.310 e. The van der Waals surface area contributed by atoms with Crippen LogP contribution in [-0.4, -0.2) is 29.1 Å². The lowest BCUT2D eigenvalue weighted by atomic mass is 9.67. The fraction of sp³-hybridized carbons (Fsp3) is 0.857. The molecule has 11 heavy (non-hydrogen) atoms. The maximum atomic E-state index is 10.8. The molecule has 1 fully saturated rings. The minimum absolute atomic E-state index is 0.109. The lowest BCUT2D eigenvalue weighted by molar-refractivity contribution is -0.153. The highest BCUT2D eigenvalue weighted by Crippen LogP contribution is 2.42. The highest BCUT2D eigenvalue weighted by Gasteiger charge is 2.48. The standard InChI is InChI=1S/C7H13NO2S/c1-11-4-7(6(9)10)2-5(8)3-7/h5H,2-4,8H2,1H3,(H,9,10). The zero-order valence-corrected chi connectivity index (χ0v) is 7.36. The van der Waals surface area contributed by atoms with Gasteiger partial charge in [0.1, 0.15) is 0 Å². The zero-order valence-electron chi connectivity index (χ0n) is 6.54. The van der Waals surface area contributed by atoms with Gasteiger partial charge in [-0.3, -0.25) is 4.79 Å². The smallest absolute Gasteiger partial charge is 0.310 e. The first kappa shape index (κ1) is 8.87. The van der Waals surface area contributed by atoms with Crippen molar-refractivity contribution in [2.75, 3.05) is 12.0 Å². The second-order valence-corrected chi connectivity index (χ2v) is 4.05. The van der Waals surface area contributed by atoms with Gasteiger partial charge >= 0.3 is 5.97 Å². The molecule has 1 aliphatic rings. The minimum Gasteiger partial charge on any atom is -0.481 e. The highest BCUT2D eigenvalue weighted by atomic mass is 32.2. The molecule has 0 heterocycles. The quantitative estimate of drug-likeness (QED) is 0.657. The molecule has 0 aromatic rings. The Morgan fingerprint density at radius 2 is 2.36 bits per heavy atom. The first-order valence-electron chi connectivity index (χ1n) is 3.59. The fourth-order valence-corrected chi connectivity index (χ4v) is 2.49. The van der Waals surface area contributed by atoms with Crippen molar-refractivity contribution >= 4 is 17.7 Å². The summed E-state index contributed by atoms with van der Waals surface area (Å²) in [5.41, 5.74) is 5.05. The largest absolute Gasteiger partial charge is 0.481 e. The predicted molar refractivity (Wildman–Crippen MR) is 45.7 cm³/mol. The summed E-state index contributed by atoms with van der Waals surface area (Å²) in [4.78, 5) is 10.8. The summed E-state index contributed by atoms with van der Waals surface area (Å²) in [6.45, 7) is 0. The van der Waals surface area contributed by atoms with E-state index in [1.807, 2.05) is 6.26 Å². The monoisotopic (exact) mass is 175 g/mol. The van der Waals surface area contributed by atoms with Crippen LogP contribution in [0.5, 0.6) is 0 Å². The third-order valence-corrected chi connectivity index (χ3v) is 3.02. The van der Waals surface area contributed by atoms with E-state index in [1.165, 1.54) is 0 Å². The van der Waals surface area contributed by atoms with Crippen molar-refractivity contribution in [3.8, 4) is 0 Å². The van der Waals surface area contributed by atoms with E-state index in [0.29, 0.717) is 18.6 Å². The molecule has 4 heteroatoms. The Morgan fingerprint density at radius 1 is 1.82 bits per heavy atom. The molecule has 0 radical (unpaired) electrons. The normalized spacial score (nSPS) is 36.4. The van der Waals surface area contributed by atoms with Crippen molar-refractivity contribution in [1.82, 2.24) is 0 Å². The Bertz CT molecular complexity index is 160. The molecule has 64 valence electrons. The Morgan fingerprint density at radius 3 is 2.64 bits per heavy atom. The highest BCUT2D eigenvalue weighted by molar-refractivity contribution is 7.98. The van der Waals surface area contributed by atoms with Gasteiger partial charge < -0.3 is 10.8 Å². The average Bonchev–Trinajstić information content (AvgIpc) is 1.84. The molecule has 1 aliphatic carbocycles. The molecule has 0 aromatic heterocycles. The summed E-state index contributed by atoms with van der Waals surface area (Å²) in [5.74, 6) is 0.00398. The predicted octanol–water partition coefficient (Wildman–Crippen LogP) is 0.542. The van der Waals surface area contributed by atoms with Crippen molar-refractivity contribution in [2.24, 2.45) is 11.1 Å². The molecule has 1 saturated carbocycles. The first-order valence-corrected chi connectivity index (χ1v) is 4.98. The zero-order chi connectivity index (χ0) is 8.48. The van der Waals surface area contributed by atoms with Crippen LogP contribution in [0.25, 0.3) is 0 Å². The van der Waals surface area contributed by atoms with Gasteiger partial charge in [0.2, 0.25) is 0 Å². The Balaban J connectivity index is 2.53. The number of thioether (sulfide) groups is 1. The minimum atomic E-state index is -0.687. The summed E-state index contributed by atoms with van der Waals surface area (Å²) in [5, 5.41) is 8.86. The van der Waals surface area contributed by atoms with Gasteiger partial charge in [-0.2, -0.15) is 11.8 Å². The molecule has 1 rings (SSSR count). The Labute approximate surface area is 70.3 Å². The van der Waals surface area contributed by atoms with Crippen LogP contribution in [0.15, 0.2) is 0 Å². The molecule has 0 saturated heterocycles. The molecule has 3 N–H and O–H groups in total. The number of carboxylic acids is 1. The van der Waals surface area contributed by atoms with E-state index in [4.69, 9.17) is 10.8 Å². The first-order chi connectivity index (χ1) is 5.10. The Hall–Kier alpha value is -0.220. The molecule has 3 nitrogen and oxygen atoms in total. The SMILES string of the molecule is CSCC1(C(=O)O)CC(N)C1. The van der Waals surface area contributed by atoms with Crippen LogP contribution in [0.4, 0.5) is 0 Å². The van der Waals surface area contributed by atoms with Gasteiger partial charge in [0, 0.05) is 11.8 Å². The van der Waals surface area contributed by atoms with Gasteiger partial charge in [0.05, 0.1) is 5.41 Å². The van der Waals surface area contributed by atoms with Crippen molar-refractivity contribution in [3.05, 3.63) is 0 Å². The summed E-state index contributed by atoms with van der Waals surface area (Å²) in [6, 6.07) is 0.109. The second-order valence-electron chi connectivity index (χ2n) is 3.19. The van der Waals surface area contributed by atoms with Crippen LogP contribution in [0.3, 0.4) is 0 Å². The van der Waals surface area contributed by atoms with Crippen LogP contribution in [0.1, 0.15) is 12.8 Å². The van der Waals surface area contributed by atoms with Gasteiger partial charge in [-0.25, -0.2) is 0 Å². The molecule has 0 bridgehead atoms. The topological polar surface area (TPSA) is 63.3 Å². The third kappa shape index (κ3) is 1.51. The van der Waals surface area contributed by atoms with Crippen LogP contribution in [0, 0.1) is 5.41 Å². The third-order valence-electron chi connectivity index (χ3n) is 2.18. The fourth-order valence-electron chi connectivity index (χ4n) is 1.57. The lowest BCUT2D eigenvalue weighted by Crippen LogP contribution is -2.52. The number of carboxylic acid groups (broad SMARTS) is 1. The van der Waals surface area contributed by atoms with Crippen LogP contribution >= 0.6 is 11.8 Å².